The van der Waals surface area contributed by atoms with E-state index in [1.54, 1.807) is 0 Å². The van der Waals surface area contributed by atoms with E-state index in [2.05, 4.69) is 32.8 Å². The highest BCUT2D eigenvalue weighted by Crippen LogP contribution is 2.53. The molecule has 0 aliphatic carbocycles. The molecule has 3 aliphatic heterocycles. The summed E-state index contributed by atoms with van der Waals surface area (Å²) in [4.78, 5) is 31.7. The lowest BCUT2D eigenvalue weighted by Gasteiger charge is -2.59. The van der Waals surface area contributed by atoms with Crippen LogP contribution in [0.25, 0.3) is 0 Å². The molecule has 1 aromatic carbocycles. The van der Waals surface area contributed by atoms with Gasteiger partial charge in [0.25, 0.3) is 0 Å². The number of hydrogen-bond acceptors (Lipinski definition) is 10. The number of hydroxylamine groups is 2. The number of piperidine rings is 1. The maximum absolute atomic E-state index is 12.5. The van der Waals surface area contributed by atoms with Gasteiger partial charge >= 0.3 is 11.9 Å². The molecule has 10 nitrogen and oxygen atoms in total. The van der Waals surface area contributed by atoms with Crippen molar-refractivity contribution in [2.75, 3.05) is 27.4 Å². The fourth-order valence-electron chi connectivity index (χ4n) is 5.81. The Morgan fingerprint density at radius 3 is 2.03 bits per heavy atom. The van der Waals surface area contributed by atoms with Crippen LogP contribution in [0.15, 0.2) is 24.3 Å². The summed E-state index contributed by atoms with van der Waals surface area (Å²) in [6, 6.07) is 7.91. The molecule has 4 atom stereocenters. The lowest BCUT2D eigenvalue weighted by Crippen LogP contribution is -2.67. The van der Waals surface area contributed by atoms with E-state index in [9.17, 15) is 9.59 Å². The van der Waals surface area contributed by atoms with Crippen molar-refractivity contribution in [2.45, 2.75) is 102 Å². The van der Waals surface area contributed by atoms with Crippen LogP contribution in [0.1, 0.15) is 72.0 Å². The topological polar surface area (TPSA) is 105 Å². The van der Waals surface area contributed by atoms with Gasteiger partial charge in [-0.3, -0.25) is 4.84 Å². The summed E-state index contributed by atoms with van der Waals surface area (Å²) in [6.07, 6.45) is -0.201. The first kappa shape index (κ1) is 28.8. The summed E-state index contributed by atoms with van der Waals surface area (Å²) in [6.45, 7) is 11.6. The van der Waals surface area contributed by atoms with Crippen LogP contribution in [-0.2, 0) is 38.1 Å². The normalized spacial score (nSPS) is 30.6. The molecule has 3 fully saturated rings. The molecule has 38 heavy (non-hydrogen) atoms. The smallest absolute Gasteiger partial charge is 0.338 e. The van der Waals surface area contributed by atoms with E-state index in [-0.39, 0.29) is 12.2 Å². The van der Waals surface area contributed by atoms with Crippen molar-refractivity contribution < 1.29 is 42.8 Å². The van der Waals surface area contributed by atoms with E-state index in [0.717, 1.165) is 30.8 Å². The van der Waals surface area contributed by atoms with E-state index in [1.807, 2.05) is 31.2 Å². The molecule has 3 heterocycles. The molecule has 0 amide bonds. The number of methoxy groups -OCH3 is 2. The Morgan fingerprint density at radius 1 is 1.00 bits per heavy atom. The average molecular weight is 536 g/mol. The fraction of sp³-hybridized carbons (Fsp3) is 0.714. The molecule has 212 valence electrons. The van der Waals surface area contributed by atoms with E-state index < -0.39 is 41.0 Å². The molecule has 4 rings (SSSR count). The highest BCUT2D eigenvalue weighted by Gasteiger charge is 2.64. The van der Waals surface area contributed by atoms with Gasteiger partial charge < -0.3 is 28.4 Å². The van der Waals surface area contributed by atoms with Gasteiger partial charge in [-0.05, 0) is 51.3 Å². The summed E-state index contributed by atoms with van der Waals surface area (Å²) in [7, 11) is 2.52. The van der Waals surface area contributed by atoms with E-state index in [4.69, 9.17) is 33.3 Å². The number of rotatable bonds is 10. The van der Waals surface area contributed by atoms with Gasteiger partial charge in [0.2, 0.25) is 0 Å². The number of esters is 2. The van der Waals surface area contributed by atoms with Gasteiger partial charge in [0.1, 0.15) is 24.6 Å². The van der Waals surface area contributed by atoms with Gasteiger partial charge in [-0.2, -0.15) is 5.06 Å². The Labute approximate surface area is 224 Å². The second kappa shape index (κ2) is 11.1. The minimum atomic E-state index is -1.20. The predicted molar refractivity (Wildman–Crippen MR) is 136 cm³/mol. The van der Waals surface area contributed by atoms with E-state index in [0.29, 0.717) is 19.4 Å². The maximum Gasteiger partial charge on any atom is 0.338 e. The quantitative estimate of drug-likeness (QED) is 0.325. The van der Waals surface area contributed by atoms with Gasteiger partial charge in [0.15, 0.2) is 18.0 Å². The van der Waals surface area contributed by atoms with Crippen LogP contribution in [-0.4, -0.2) is 79.6 Å². The van der Waals surface area contributed by atoms with Gasteiger partial charge in [-0.15, -0.1) is 0 Å². The standard InChI is InChI=1S/C28H41NO9/c1-8-27(9-2)17-28(36-22(24(30)32-6)23(37-28)25(31)33-7)16-26(4,5)29(27)38-18(3)19-10-12-20(13-11-19)34-14-21-15-35-21/h10-13,18,21-23H,8-9,14-17H2,1-7H3. The third kappa shape index (κ3) is 5.70. The number of carbonyl (C=O) groups is 2. The average Bonchev–Trinajstić information content (AvgIpc) is 3.68. The first-order chi connectivity index (χ1) is 18.0. The Kier molecular flexibility index (Phi) is 8.40. The van der Waals surface area contributed by atoms with Crippen molar-refractivity contribution in [1.29, 1.82) is 0 Å². The van der Waals surface area contributed by atoms with E-state index >= 15 is 0 Å². The van der Waals surface area contributed by atoms with Crippen molar-refractivity contribution in [3.63, 3.8) is 0 Å². The summed E-state index contributed by atoms with van der Waals surface area (Å²) in [5.41, 5.74) is -0.0471. The maximum atomic E-state index is 12.5. The molecule has 3 aliphatic rings. The molecule has 0 radical (unpaired) electrons. The van der Waals surface area contributed by atoms with Crippen LogP contribution in [0.4, 0.5) is 0 Å². The first-order valence-electron chi connectivity index (χ1n) is 13.3. The van der Waals surface area contributed by atoms with Crippen molar-refractivity contribution in [1.82, 2.24) is 5.06 Å². The minimum Gasteiger partial charge on any atom is -0.491 e. The molecule has 0 N–H and O–H groups in total. The number of ether oxygens (including phenoxy) is 6. The lowest BCUT2D eigenvalue weighted by molar-refractivity contribution is -0.360. The third-order valence-electron chi connectivity index (χ3n) is 7.87. The summed E-state index contributed by atoms with van der Waals surface area (Å²) < 4.78 is 33.3. The molecule has 1 spiro atoms. The Balaban J connectivity index is 1.55. The zero-order valence-electron chi connectivity index (χ0n) is 23.5. The molecule has 3 saturated heterocycles. The van der Waals surface area contributed by atoms with Crippen LogP contribution in [0.3, 0.4) is 0 Å². The van der Waals surface area contributed by atoms with Gasteiger partial charge in [0.05, 0.1) is 26.4 Å². The Hall–Kier alpha value is -2.24. The molecule has 10 heteroatoms. The molecule has 0 saturated carbocycles. The number of carbonyl (C=O) groups excluding carboxylic acids is 2. The first-order valence-corrected chi connectivity index (χ1v) is 13.3. The van der Waals surface area contributed by atoms with Gasteiger partial charge in [-0.1, -0.05) is 26.0 Å². The second-order valence-electron chi connectivity index (χ2n) is 11.0. The van der Waals surface area contributed by atoms with Gasteiger partial charge in [0, 0.05) is 18.4 Å². The molecule has 0 bridgehead atoms. The Bertz CT molecular complexity index is 963. The predicted octanol–water partition coefficient (Wildman–Crippen LogP) is 3.72. The van der Waals surface area contributed by atoms with Crippen LogP contribution >= 0.6 is 0 Å². The van der Waals surface area contributed by atoms with Crippen LogP contribution < -0.4 is 4.74 Å². The summed E-state index contributed by atoms with van der Waals surface area (Å²) in [5, 5.41) is 2.08. The lowest BCUT2D eigenvalue weighted by atomic mass is 9.73. The number of benzene rings is 1. The zero-order valence-corrected chi connectivity index (χ0v) is 23.5. The fourth-order valence-corrected chi connectivity index (χ4v) is 5.81. The van der Waals surface area contributed by atoms with Crippen molar-refractivity contribution in [2.24, 2.45) is 0 Å². The highest BCUT2D eigenvalue weighted by atomic mass is 16.8. The van der Waals surface area contributed by atoms with Crippen molar-refractivity contribution in [3.8, 4) is 5.75 Å². The molecular formula is C28H41NO9. The minimum absolute atomic E-state index is 0.205. The molecule has 0 aromatic heterocycles. The largest absolute Gasteiger partial charge is 0.491 e. The second-order valence-corrected chi connectivity index (χ2v) is 11.0. The monoisotopic (exact) mass is 535 g/mol. The molecule has 4 unspecified atom stereocenters. The summed E-state index contributed by atoms with van der Waals surface area (Å²) in [5.74, 6) is -1.72. The summed E-state index contributed by atoms with van der Waals surface area (Å²) >= 11 is 0. The third-order valence-corrected chi connectivity index (χ3v) is 7.87. The number of epoxide rings is 1. The number of nitrogens with zero attached hydrogens (tertiary/aromatic N) is 1. The number of hydrogen-bond donors (Lipinski definition) is 0. The van der Waals surface area contributed by atoms with Crippen molar-refractivity contribution >= 4 is 11.9 Å². The highest BCUT2D eigenvalue weighted by molar-refractivity contribution is 5.86. The molecular weight excluding hydrogens is 494 g/mol. The van der Waals surface area contributed by atoms with E-state index in [1.165, 1.54) is 14.2 Å². The van der Waals surface area contributed by atoms with Crippen LogP contribution in [0.2, 0.25) is 0 Å². The SMILES string of the molecule is CCC1(CC)CC2(CC(C)(C)N1OC(C)c1ccc(OCC3CO3)cc1)OC(C(=O)OC)C(C(=O)OC)O2. The van der Waals surface area contributed by atoms with Crippen LogP contribution in [0, 0.1) is 0 Å². The van der Waals surface area contributed by atoms with Crippen molar-refractivity contribution in [3.05, 3.63) is 29.8 Å². The zero-order chi connectivity index (χ0) is 27.7. The molecule has 1 aromatic rings. The van der Waals surface area contributed by atoms with Gasteiger partial charge in [-0.25, -0.2) is 9.59 Å². The Morgan fingerprint density at radius 2 is 1.55 bits per heavy atom. The van der Waals surface area contributed by atoms with Crippen LogP contribution in [0.5, 0.6) is 5.75 Å².